The smallest absolute Gasteiger partial charge is 0.0884 e. The van der Waals surface area contributed by atoms with Crippen molar-refractivity contribution < 1.29 is 0 Å². The normalized spacial score (nSPS) is 12.2. The van der Waals surface area contributed by atoms with E-state index < -0.39 is 8.80 Å². The molecule has 0 saturated heterocycles. The lowest BCUT2D eigenvalue weighted by molar-refractivity contribution is 0.590. The van der Waals surface area contributed by atoms with Crippen LogP contribution in [0.25, 0.3) is 0 Å². The Morgan fingerprint density at radius 3 is 2.31 bits per heavy atom. The number of hydrogen-bond acceptors (Lipinski definition) is 1. The third-order valence-corrected chi connectivity index (χ3v) is 3.74. The molecule has 1 aromatic rings. The van der Waals surface area contributed by atoms with Crippen LogP contribution in [-0.4, -0.2) is 13.8 Å². The lowest BCUT2D eigenvalue weighted by Crippen LogP contribution is -2.28. The predicted molar refractivity (Wildman–Crippen MR) is 61.4 cm³/mol. The molecule has 0 radical (unpaired) electrons. The molecule has 1 rings (SSSR count). The van der Waals surface area contributed by atoms with Crippen LogP contribution in [-0.2, 0) is 5.41 Å². The van der Waals surface area contributed by atoms with Crippen molar-refractivity contribution >= 4 is 14.1 Å². The molecule has 0 amide bonds. The Hall–Kier alpha value is -0.633. The maximum Gasteiger partial charge on any atom is 0.0884 e. The molecular weight excluding hydrogens is 174 g/mol. The van der Waals surface area contributed by atoms with Gasteiger partial charge in [-0.15, -0.1) is 0 Å². The number of nitrogens with zero attached hydrogens (tertiary/aromatic N) is 1. The van der Waals surface area contributed by atoms with Gasteiger partial charge in [0.1, 0.15) is 0 Å². The minimum atomic E-state index is -0.740. The van der Waals surface area contributed by atoms with Crippen molar-refractivity contribution in [1.82, 2.24) is 4.98 Å². The average Bonchev–Trinajstić information content (AvgIpc) is 2.03. The molecular formula is C11H19NSi. The van der Waals surface area contributed by atoms with Crippen molar-refractivity contribution in [2.45, 2.75) is 39.3 Å². The fourth-order valence-corrected chi connectivity index (χ4v) is 2.13. The van der Waals surface area contributed by atoms with Crippen molar-refractivity contribution in [3.63, 3.8) is 0 Å². The topological polar surface area (TPSA) is 12.9 Å². The molecule has 0 saturated carbocycles. The van der Waals surface area contributed by atoms with Crippen LogP contribution in [0.4, 0.5) is 0 Å². The zero-order chi connectivity index (χ0) is 10.1. The van der Waals surface area contributed by atoms with E-state index in [1.54, 1.807) is 0 Å². The quantitative estimate of drug-likeness (QED) is 0.622. The fourth-order valence-electron chi connectivity index (χ4n) is 1.23. The summed E-state index contributed by atoms with van der Waals surface area (Å²) < 4.78 is 0. The lowest BCUT2D eigenvalue weighted by atomic mass is 9.88. The maximum atomic E-state index is 4.41. The summed E-state index contributed by atoms with van der Waals surface area (Å²) in [6.45, 7) is 11.4. The Labute approximate surface area is 82.8 Å². The largest absolute Gasteiger partial charge is 0.266 e. The summed E-state index contributed by atoms with van der Waals surface area (Å²) in [5.74, 6) is 0. The first-order valence-electron chi connectivity index (χ1n) is 4.87. The third-order valence-electron chi connectivity index (χ3n) is 2.24. The summed E-state index contributed by atoms with van der Waals surface area (Å²) in [5.41, 5.74) is 1.65. The second kappa shape index (κ2) is 3.62. The molecule has 0 aliphatic rings. The molecule has 0 atom stereocenters. The van der Waals surface area contributed by atoms with Crippen molar-refractivity contribution in [3.05, 3.63) is 23.9 Å². The molecule has 0 aromatic carbocycles. The summed E-state index contributed by atoms with van der Waals surface area (Å²) in [4.78, 5) is 4.41. The summed E-state index contributed by atoms with van der Waals surface area (Å²) in [5, 5.41) is 1.33. The van der Waals surface area contributed by atoms with Crippen LogP contribution in [0, 0.1) is 0 Å². The summed E-state index contributed by atoms with van der Waals surface area (Å²) in [7, 11) is -0.740. The van der Waals surface area contributed by atoms with Gasteiger partial charge in [0.15, 0.2) is 0 Å². The van der Waals surface area contributed by atoms with Gasteiger partial charge in [-0.1, -0.05) is 33.9 Å². The van der Waals surface area contributed by atoms with Gasteiger partial charge in [-0.3, -0.25) is 4.98 Å². The van der Waals surface area contributed by atoms with Crippen LogP contribution < -0.4 is 5.32 Å². The number of hydrogen-bond donors (Lipinski definition) is 0. The van der Waals surface area contributed by atoms with E-state index >= 15 is 0 Å². The third kappa shape index (κ3) is 2.66. The van der Waals surface area contributed by atoms with Gasteiger partial charge in [-0.2, -0.15) is 0 Å². The highest BCUT2D eigenvalue weighted by molar-refractivity contribution is 6.69. The van der Waals surface area contributed by atoms with Crippen molar-refractivity contribution in [1.29, 1.82) is 0 Å². The van der Waals surface area contributed by atoms with E-state index in [4.69, 9.17) is 0 Å². The molecule has 0 aliphatic carbocycles. The minimum Gasteiger partial charge on any atom is -0.266 e. The highest BCUT2D eigenvalue weighted by Crippen LogP contribution is 2.20. The zero-order valence-corrected chi connectivity index (χ0v) is 10.4. The average molecular weight is 193 g/mol. The SMILES string of the molecule is C[SiH](C)c1cc(C(C)(C)C)ccn1. The van der Waals surface area contributed by atoms with Gasteiger partial charge in [-0.05, 0) is 23.1 Å². The molecule has 0 N–H and O–H groups in total. The van der Waals surface area contributed by atoms with E-state index in [1.807, 2.05) is 6.20 Å². The second-order valence-corrected chi connectivity index (χ2v) is 7.78. The van der Waals surface area contributed by atoms with Crippen molar-refractivity contribution in [2.75, 3.05) is 0 Å². The van der Waals surface area contributed by atoms with E-state index in [-0.39, 0.29) is 5.41 Å². The molecule has 0 spiro atoms. The first kappa shape index (κ1) is 10.4. The Bertz CT molecular complexity index is 286. The highest BCUT2D eigenvalue weighted by Gasteiger charge is 2.14. The number of rotatable bonds is 1. The van der Waals surface area contributed by atoms with Crippen LogP contribution >= 0.6 is 0 Å². The van der Waals surface area contributed by atoms with E-state index in [2.05, 4.69) is 51.0 Å². The van der Waals surface area contributed by atoms with Gasteiger partial charge < -0.3 is 0 Å². The predicted octanol–water partition coefficient (Wildman–Crippen LogP) is 2.07. The minimum absolute atomic E-state index is 0.251. The van der Waals surface area contributed by atoms with Crippen molar-refractivity contribution in [2.24, 2.45) is 0 Å². The maximum absolute atomic E-state index is 4.41. The Morgan fingerprint density at radius 2 is 1.85 bits per heavy atom. The van der Waals surface area contributed by atoms with Crippen LogP contribution in [0.15, 0.2) is 18.3 Å². The van der Waals surface area contributed by atoms with Crippen molar-refractivity contribution in [3.8, 4) is 0 Å². The van der Waals surface area contributed by atoms with Crippen LogP contribution in [0.3, 0.4) is 0 Å². The molecule has 13 heavy (non-hydrogen) atoms. The monoisotopic (exact) mass is 193 g/mol. The molecule has 2 heteroatoms. The molecule has 1 nitrogen and oxygen atoms in total. The van der Waals surface area contributed by atoms with E-state index in [9.17, 15) is 0 Å². The molecule has 0 unspecified atom stereocenters. The van der Waals surface area contributed by atoms with Gasteiger partial charge in [0, 0.05) is 11.5 Å². The lowest BCUT2D eigenvalue weighted by Gasteiger charge is -2.19. The van der Waals surface area contributed by atoms with Gasteiger partial charge >= 0.3 is 0 Å². The van der Waals surface area contributed by atoms with Gasteiger partial charge in [0.05, 0.1) is 8.80 Å². The molecule has 0 bridgehead atoms. The molecule has 0 aliphatic heterocycles. The van der Waals surface area contributed by atoms with Gasteiger partial charge in [0.25, 0.3) is 0 Å². The Balaban J connectivity index is 3.06. The van der Waals surface area contributed by atoms with Gasteiger partial charge in [0.2, 0.25) is 0 Å². The number of aromatic nitrogens is 1. The summed E-state index contributed by atoms with van der Waals surface area (Å²) in [6.07, 6.45) is 1.95. The fraction of sp³-hybridized carbons (Fsp3) is 0.545. The van der Waals surface area contributed by atoms with Gasteiger partial charge in [-0.25, -0.2) is 0 Å². The summed E-state index contributed by atoms with van der Waals surface area (Å²) >= 11 is 0. The standard InChI is InChI=1S/C11H19NSi/c1-11(2,3)9-6-7-12-10(8-9)13(4)5/h6-8,13H,1-5H3. The second-order valence-electron chi connectivity index (χ2n) is 4.87. The Morgan fingerprint density at radius 1 is 1.23 bits per heavy atom. The number of pyridine rings is 1. The molecule has 0 fully saturated rings. The van der Waals surface area contributed by atoms with E-state index in [0.29, 0.717) is 0 Å². The molecule has 72 valence electrons. The van der Waals surface area contributed by atoms with E-state index in [1.165, 1.54) is 10.9 Å². The van der Waals surface area contributed by atoms with Crippen LogP contribution in [0.1, 0.15) is 26.3 Å². The molecule has 1 aromatic heterocycles. The molecule has 1 heterocycles. The van der Waals surface area contributed by atoms with Crippen LogP contribution in [0.5, 0.6) is 0 Å². The first-order valence-corrected chi connectivity index (χ1v) is 7.76. The zero-order valence-electron chi connectivity index (χ0n) is 9.26. The van der Waals surface area contributed by atoms with E-state index in [0.717, 1.165) is 0 Å². The van der Waals surface area contributed by atoms with Crippen LogP contribution in [0.2, 0.25) is 13.1 Å². The summed E-state index contributed by atoms with van der Waals surface area (Å²) in [6, 6.07) is 4.40. The Kier molecular flexibility index (Phi) is 2.91. The highest BCUT2D eigenvalue weighted by atomic mass is 28.3. The first-order chi connectivity index (χ1) is 5.91.